The van der Waals surface area contributed by atoms with Gasteiger partial charge in [-0.05, 0) is 12.1 Å². The van der Waals surface area contributed by atoms with Crippen LogP contribution in [0.4, 0.5) is 0 Å². The number of fused-ring (bicyclic) bond motifs is 1. The van der Waals surface area contributed by atoms with E-state index in [2.05, 4.69) is 4.98 Å². The molecule has 6 nitrogen and oxygen atoms in total. The van der Waals surface area contributed by atoms with E-state index in [0.717, 1.165) is 0 Å². The minimum absolute atomic E-state index is 0.0947. The number of nitrogens with two attached hydrogens (primary N) is 1. The highest BCUT2D eigenvalue weighted by Crippen LogP contribution is 2.25. The molecule has 0 amide bonds. The molecular formula is C9H8N2O4S. The first kappa shape index (κ1) is 10.7. The highest BCUT2D eigenvalue weighted by molar-refractivity contribution is 7.89. The van der Waals surface area contributed by atoms with Crippen LogP contribution in [0, 0.1) is 0 Å². The van der Waals surface area contributed by atoms with E-state index in [4.69, 9.17) is 10.2 Å². The molecule has 2 aromatic rings. The second-order valence-corrected chi connectivity index (χ2v) is 4.76. The molecule has 0 fully saturated rings. The van der Waals surface area contributed by atoms with E-state index >= 15 is 0 Å². The monoisotopic (exact) mass is 240 g/mol. The summed E-state index contributed by atoms with van der Waals surface area (Å²) < 4.78 is 22.5. The molecule has 0 saturated heterocycles. The van der Waals surface area contributed by atoms with Gasteiger partial charge in [-0.1, -0.05) is 6.07 Å². The molecule has 0 aliphatic heterocycles. The lowest BCUT2D eigenvalue weighted by Crippen LogP contribution is -2.12. The second-order valence-electron chi connectivity index (χ2n) is 3.23. The quantitative estimate of drug-likeness (QED) is 0.709. The molecule has 0 saturated carbocycles. The van der Waals surface area contributed by atoms with Crippen LogP contribution in [0.3, 0.4) is 0 Å². The Kier molecular flexibility index (Phi) is 2.21. The van der Waals surface area contributed by atoms with Gasteiger partial charge in [0.2, 0.25) is 10.0 Å². The SMILES string of the molecule is NS(=O)(=O)c1c[nH]c2cccc(C(=O)O)c12. The van der Waals surface area contributed by atoms with Crippen LogP contribution < -0.4 is 5.14 Å². The Bertz CT molecular complexity index is 672. The van der Waals surface area contributed by atoms with Crippen molar-refractivity contribution in [2.45, 2.75) is 4.90 Å². The summed E-state index contributed by atoms with van der Waals surface area (Å²) in [5.41, 5.74) is 0.326. The normalized spacial score (nSPS) is 11.8. The second kappa shape index (κ2) is 3.32. The maximum atomic E-state index is 11.2. The van der Waals surface area contributed by atoms with E-state index in [-0.39, 0.29) is 15.8 Å². The van der Waals surface area contributed by atoms with Gasteiger partial charge in [-0.2, -0.15) is 0 Å². The number of sulfonamides is 1. The predicted octanol–water partition coefficient (Wildman–Crippen LogP) is 0.514. The number of aromatic nitrogens is 1. The van der Waals surface area contributed by atoms with Crippen molar-refractivity contribution in [3.8, 4) is 0 Å². The Balaban J connectivity index is 2.94. The van der Waals surface area contributed by atoms with Gasteiger partial charge in [0.25, 0.3) is 0 Å². The summed E-state index contributed by atoms with van der Waals surface area (Å²) in [6, 6.07) is 4.43. The van der Waals surface area contributed by atoms with Crippen molar-refractivity contribution in [1.82, 2.24) is 4.98 Å². The molecule has 16 heavy (non-hydrogen) atoms. The first-order valence-electron chi connectivity index (χ1n) is 4.27. The van der Waals surface area contributed by atoms with Gasteiger partial charge in [0, 0.05) is 17.1 Å². The molecule has 0 atom stereocenters. The highest BCUT2D eigenvalue weighted by Gasteiger charge is 2.19. The van der Waals surface area contributed by atoms with Gasteiger partial charge in [-0.25, -0.2) is 18.4 Å². The molecule has 1 aromatic carbocycles. The summed E-state index contributed by atoms with van der Waals surface area (Å²) in [7, 11) is -3.94. The third-order valence-corrected chi connectivity index (χ3v) is 3.14. The summed E-state index contributed by atoms with van der Waals surface area (Å²) in [6.07, 6.45) is 1.19. The molecular weight excluding hydrogens is 232 g/mol. The Labute approximate surface area is 90.7 Å². The van der Waals surface area contributed by atoms with Crippen LogP contribution in [0.25, 0.3) is 10.9 Å². The van der Waals surface area contributed by atoms with Crippen LogP contribution in [0.15, 0.2) is 29.3 Å². The van der Waals surface area contributed by atoms with Gasteiger partial charge >= 0.3 is 5.97 Å². The van der Waals surface area contributed by atoms with Crippen LogP contribution >= 0.6 is 0 Å². The Morgan fingerprint density at radius 3 is 2.62 bits per heavy atom. The van der Waals surface area contributed by atoms with E-state index in [1.807, 2.05) is 0 Å². The molecule has 2 rings (SSSR count). The minimum atomic E-state index is -3.94. The molecule has 1 heterocycles. The van der Waals surface area contributed by atoms with Gasteiger partial charge < -0.3 is 10.1 Å². The maximum absolute atomic E-state index is 11.2. The van der Waals surface area contributed by atoms with Crippen LogP contribution in [-0.4, -0.2) is 24.5 Å². The molecule has 0 aliphatic rings. The average molecular weight is 240 g/mol. The number of aromatic amines is 1. The van der Waals surface area contributed by atoms with Crippen molar-refractivity contribution >= 4 is 26.9 Å². The third kappa shape index (κ3) is 1.55. The minimum Gasteiger partial charge on any atom is -0.478 e. The number of carboxylic acids is 1. The first-order chi connectivity index (χ1) is 7.41. The third-order valence-electron chi connectivity index (χ3n) is 2.21. The van der Waals surface area contributed by atoms with Crippen LogP contribution in [0.1, 0.15) is 10.4 Å². The van der Waals surface area contributed by atoms with Crippen LogP contribution in [-0.2, 0) is 10.0 Å². The number of hydrogen-bond acceptors (Lipinski definition) is 3. The Morgan fingerprint density at radius 2 is 2.06 bits per heavy atom. The van der Waals surface area contributed by atoms with E-state index in [9.17, 15) is 13.2 Å². The largest absolute Gasteiger partial charge is 0.478 e. The topological polar surface area (TPSA) is 113 Å². The van der Waals surface area contributed by atoms with Crippen molar-refractivity contribution in [3.63, 3.8) is 0 Å². The lowest BCUT2D eigenvalue weighted by atomic mass is 10.1. The molecule has 1 aromatic heterocycles. The molecule has 0 aliphatic carbocycles. The summed E-state index contributed by atoms with van der Waals surface area (Å²) in [6.45, 7) is 0. The average Bonchev–Trinajstić information content (AvgIpc) is 2.59. The van der Waals surface area contributed by atoms with Gasteiger partial charge in [-0.15, -0.1) is 0 Å². The molecule has 7 heteroatoms. The van der Waals surface area contributed by atoms with Gasteiger partial charge in [0.05, 0.1) is 5.56 Å². The lowest BCUT2D eigenvalue weighted by Gasteiger charge is -1.99. The Morgan fingerprint density at radius 1 is 1.38 bits per heavy atom. The fourth-order valence-corrected chi connectivity index (χ4v) is 2.28. The fraction of sp³-hybridized carbons (Fsp3) is 0. The molecule has 0 radical (unpaired) electrons. The molecule has 4 N–H and O–H groups in total. The number of aromatic carboxylic acids is 1. The van der Waals surface area contributed by atoms with Gasteiger partial charge in [0.1, 0.15) is 4.90 Å². The van der Waals surface area contributed by atoms with Crippen LogP contribution in [0.5, 0.6) is 0 Å². The number of H-pyrrole nitrogens is 1. The zero-order valence-corrected chi connectivity index (χ0v) is 8.78. The van der Waals surface area contributed by atoms with Gasteiger partial charge in [0.15, 0.2) is 0 Å². The summed E-state index contributed by atoms with van der Waals surface area (Å²) in [5.74, 6) is -1.20. The number of rotatable bonds is 2. The zero-order valence-electron chi connectivity index (χ0n) is 7.97. The van der Waals surface area contributed by atoms with E-state index in [0.29, 0.717) is 5.52 Å². The van der Waals surface area contributed by atoms with Crippen molar-refractivity contribution in [3.05, 3.63) is 30.0 Å². The van der Waals surface area contributed by atoms with Crippen molar-refractivity contribution < 1.29 is 18.3 Å². The molecule has 84 valence electrons. The number of benzene rings is 1. The standard InChI is InChI=1S/C9H8N2O4S/c10-16(14,15)7-4-11-6-3-1-2-5(8(6)7)9(12)13/h1-4,11H,(H,12,13)(H2,10,14,15). The summed E-state index contributed by atoms with van der Waals surface area (Å²) >= 11 is 0. The molecule has 0 spiro atoms. The highest BCUT2D eigenvalue weighted by atomic mass is 32.2. The zero-order chi connectivity index (χ0) is 11.9. The number of primary sulfonamides is 1. The number of nitrogens with one attached hydrogen (secondary N) is 1. The number of hydrogen-bond donors (Lipinski definition) is 3. The first-order valence-corrected chi connectivity index (χ1v) is 5.82. The van der Waals surface area contributed by atoms with Gasteiger partial charge in [-0.3, -0.25) is 0 Å². The fourth-order valence-electron chi connectivity index (χ4n) is 1.56. The summed E-state index contributed by atoms with van der Waals surface area (Å²) in [4.78, 5) is 13.4. The molecule has 0 bridgehead atoms. The van der Waals surface area contributed by atoms with E-state index in [1.54, 1.807) is 6.07 Å². The van der Waals surface area contributed by atoms with Crippen LogP contribution in [0.2, 0.25) is 0 Å². The summed E-state index contributed by atoms with van der Waals surface area (Å²) in [5, 5.41) is 14.0. The van der Waals surface area contributed by atoms with Crippen molar-refractivity contribution in [2.75, 3.05) is 0 Å². The van der Waals surface area contributed by atoms with Crippen molar-refractivity contribution in [1.29, 1.82) is 0 Å². The van der Waals surface area contributed by atoms with E-state index in [1.165, 1.54) is 18.3 Å². The molecule has 0 unspecified atom stereocenters. The lowest BCUT2D eigenvalue weighted by molar-refractivity contribution is 0.0699. The van der Waals surface area contributed by atoms with Crippen molar-refractivity contribution in [2.24, 2.45) is 5.14 Å². The predicted molar refractivity (Wildman–Crippen MR) is 56.6 cm³/mol. The van der Waals surface area contributed by atoms with E-state index < -0.39 is 16.0 Å². The number of carbonyl (C=O) groups is 1. The number of carboxylic acid groups (broad SMARTS) is 1. The smallest absolute Gasteiger partial charge is 0.336 e. The Hall–Kier alpha value is -1.86. The maximum Gasteiger partial charge on any atom is 0.336 e.